The molecule has 0 N–H and O–H groups in total. The molecule has 1 heterocycles. The van der Waals surface area contributed by atoms with E-state index < -0.39 is 17.3 Å². The summed E-state index contributed by atoms with van der Waals surface area (Å²) in [4.78, 5) is 43.2. The minimum Gasteiger partial charge on any atom is -0.299 e. The highest BCUT2D eigenvalue weighted by molar-refractivity contribution is 6.25. The van der Waals surface area contributed by atoms with Crippen molar-refractivity contribution in [1.82, 2.24) is 0 Å². The summed E-state index contributed by atoms with van der Waals surface area (Å²) in [5, 5.41) is 0. The lowest BCUT2D eigenvalue weighted by Gasteiger charge is -2.52. The van der Waals surface area contributed by atoms with Gasteiger partial charge in [0.15, 0.2) is 0 Å². The first-order valence-corrected chi connectivity index (χ1v) is 12.3. The standard InChI is InChI=1S/C32H23NO3/c1-19(34)32-25-13-7-5-11-23(25)27(24-12-6-8-14-26(24)32)28-29(32)31(36)33(30(28)35)22-17-15-21(16-18-22)20-9-3-2-4-10-20/h2-18,27-29H,1H3/t27?,28-,29-,32?/m0/s1. The maximum Gasteiger partial charge on any atom is 0.239 e. The largest absolute Gasteiger partial charge is 0.299 e. The highest BCUT2D eigenvalue weighted by Gasteiger charge is 2.69. The van der Waals surface area contributed by atoms with Crippen molar-refractivity contribution in [2.75, 3.05) is 4.90 Å². The lowest BCUT2D eigenvalue weighted by atomic mass is 9.46. The summed E-state index contributed by atoms with van der Waals surface area (Å²) in [6, 6.07) is 33.2. The Hall–Kier alpha value is -4.31. The maximum atomic E-state index is 14.2. The van der Waals surface area contributed by atoms with Crippen molar-refractivity contribution in [3.05, 3.63) is 125 Å². The molecule has 0 spiro atoms. The summed E-state index contributed by atoms with van der Waals surface area (Å²) in [6.07, 6.45) is 0. The second-order valence-electron chi connectivity index (χ2n) is 9.94. The number of hydrogen-bond donors (Lipinski definition) is 0. The average molecular weight is 470 g/mol. The summed E-state index contributed by atoms with van der Waals surface area (Å²) in [5.41, 5.74) is 5.15. The van der Waals surface area contributed by atoms with Crippen molar-refractivity contribution in [2.45, 2.75) is 18.3 Å². The van der Waals surface area contributed by atoms with E-state index in [1.54, 1.807) is 6.92 Å². The van der Waals surface area contributed by atoms with Crippen molar-refractivity contribution >= 4 is 23.3 Å². The van der Waals surface area contributed by atoms with E-state index in [0.717, 1.165) is 33.4 Å². The maximum absolute atomic E-state index is 14.2. The molecule has 174 valence electrons. The van der Waals surface area contributed by atoms with Crippen LogP contribution in [0.25, 0.3) is 11.1 Å². The van der Waals surface area contributed by atoms with E-state index in [1.165, 1.54) is 4.90 Å². The van der Waals surface area contributed by atoms with Gasteiger partial charge in [-0.2, -0.15) is 0 Å². The molecular formula is C32H23NO3. The number of carbonyl (C=O) groups is 3. The van der Waals surface area contributed by atoms with Gasteiger partial charge in [-0.3, -0.25) is 14.4 Å². The number of benzene rings is 4. The van der Waals surface area contributed by atoms with Crippen molar-refractivity contribution in [2.24, 2.45) is 11.8 Å². The average Bonchev–Trinajstić information content (AvgIpc) is 3.19. The monoisotopic (exact) mass is 469 g/mol. The first-order chi connectivity index (χ1) is 17.5. The minimum atomic E-state index is -1.17. The zero-order valence-electron chi connectivity index (χ0n) is 19.7. The Morgan fingerprint density at radius 2 is 1.19 bits per heavy atom. The Bertz CT molecular complexity index is 1520. The van der Waals surface area contributed by atoms with Gasteiger partial charge in [0, 0.05) is 5.92 Å². The lowest BCUT2D eigenvalue weighted by Crippen LogP contribution is -2.57. The summed E-state index contributed by atoms with van der Waals surface area (Å²) in [5.74, 6) is -2.24. The Morgan fingerprint density at radius 3 is 1.78 bits per heavy atom. The number of hydrogen-bond acceptors (Lipinski definition) is 3. The molecule has 4 nitrogen and oxygen atoms in total. The van der Waals surface area contributed by atoms with Gasteiger partial charge in [0.2, 0.25) is 11.8 Å². The summed E-state index contributed by atoms with van der Waals surface area (Å²) >= 11 is 0. The Kier molecular flexibility index (Phi) is 4.29. The molecule has 0 aromatic heterocycles. The molecule has 0 saturated carbocycles. The summed E-state index contributed by atoms with van der Waals surface area (Å²) in [6.45, 7) is 1.56. The van der Waals surface area contributed by atoms with Gasteiger partial charge in [-0.25, -0.2) is 4.90 Å². The molecular weight excluding hydrogens is 446 g/mol. The molecule has 36 heavy (non-hydrogen) atoms. The molecule has 2 atom stereocenters. The molecule has 3 aliphatic carbocycles. The van der Waals surface area contributed by atoms with Crippen LogP contribution in [0.2, 0.25) is 0 Å². The van der Waals surface area contributed by atoms with Gasteiger partial charge in [-0.1, -0.05) is 91.0 Å². The molecule has 2 amide bonds. The minimum absolute atomic E-state index is 0.0991. The Morgan fingerprint density at radius 1 is 0.667 bits per heavy atom. The summed E-state index contributed by atoms with van der Waals surface area (Å²) < 4.78 is 0. The molecule has 4 heteroatoms. The molecule has 4 aliphatic rings. The van der Waals surface area contributed by atoms with Crippen molar-refractivity contribution in [3.8, 4) is 11.1 Å². The fourth-order valence-corrected chi connectivity index (χ4v) is 7.06. The molecule has 8 rings (SSSR count). The number of rotatable bonds is 3. The van der Waals surface area contributed by atoms with Crippen molar-refractivity contribution in [1.29, 1.82) is 0 Å². The SMILES string of the molecule is CC(=O)C12c3ccccc3C(c3ccccc31)[C@@H]1C(=O)N(c3ccc(-c4ccccc4)cc3)C(=O)[C@H]12. The van der Waals surface area contributed by atoms with Crippen LogP contribution < -0.4 is 4.90 Å². The van der Waals surface area contributed by atoms with Crippen LogP contribution in [0, 0.1) is 11.8 Å². The normalized spacial score (nSPS) is 25.4. The van der Waals surface area contributed by atoms with E-state index in [0.29, 0.717) is 5.69 Å². The van der Waals surface area contributed by atoms with Gasteiger partial charge in [0.25, 0.3) is 0 Å². The quantitative estimate of drug-likeness (QED) is 0.373. The fraction of sp³-hybridized carbons (Fsp3) is 0.156. The van der Waals surface area contributed by atoms with Gasteiger partial charge in [-0.05, 0) is 52.4 Å². The van der Waals surface area contributed by atoms with Gasteiger partial charge in [-0.15, -0.1) is 0 Å². The molecule has 1 saturated heterocycles. The molecule has 1 fully saturated rings. The number of imide groups is 1. The first-order valence-electron chi connectivity index (χ1n) is 12.3. The Balaban J connectivity index is 1.41. The van der Waals surface area contributed by atoms with Crippen LogP contribution in [-0.2, 0) is 19.8 Å². The summed E-state index contributed by atoms with van der Waals surface area (Å²) in [7, 11) is 0. The smallest absolute Gasteiger partial charge is 0.239 e. The lowest BCUT2D eigenvalue weighted by molar-refractivity contribution is -0.132. The molecule has 2 bridgehead atoms. The van der Waals surface area contributed by atoms with Crippen LogP contribution >= 0.6 is 0 Å². The van der Waals surface area contributed by atoms with Crippen LogP contribution in [0.4, 0.5) is 5.69 Å². The van der Waals surface area contributed by atoms with Gasteiger partial charge < -0.3 is 0 Å². The van der Waals surface area contributed by atoms with Crippen LogP contribution in [-0.4, -0.2) is 17.6 Å². The van der Waals surface area contributed by atoms with Gasteiger partial charge >= 0.3 is 0 Å². The van der Waals surface area contributed by atoms with Crippen molar-refractivity contribution in [3.63, 3.8) is 0 Å². The van der Waals surface area contributed by atoms with E-state index in [1.807, 2.05) is 103 Å². The molecule has 4 aromatic rings. The highest BCUT2D eigenvalue weighted by atomic mass is 16.2. The van der Waals surface area contributed by atoms with Gasteiger partial charge in [0.05, 0.1) is 22.9 Å². The van der Waals surface area contributed by atoms with Crippen LogP contribution in [0.1, 0.15) is 35.1 Å². The Labute approximate surface area is 209 Å². The van der Waals surface area contributed by atoms with Crippen LogP contribution in [0.15, 0.2) is 103 Å². The number of anilines is 1. The molecule has 0 unspecified atom stereocenters. The number of Topliss-reactive ketones (excluding diaryl/α,β-unsaturated/α-hetero) is 1. The van der Waals surface area contributed by atoms with E-state index in [2.05, 4.69) is 0 Å². The number of amides is 2. The third-order valence-electron chi connectivity index (χ3n) is 8.41. The predicted molar refractivity (Wildman–Crippen MR) is 138 cm³/mol. The highest BCUT2D eigenvalue weighted by Crippen LogP contribution is 2.64. The second kappa shape index (κ2) is 7.34. The fourth-order valence-electron chi connectivity index (χ4n) is 7.06. The number of nitrogens with zero attached hydrogens (tertiary/aromatic N) is 1. The molecule has 0 radical (unpaired) electrons. The van der Waals surface area contributed by atoms with E-state index >= 15 is 0 Å². The number of carbonyl (C=O) groups excluding carboxylic acids is 3. The van der Waals surface area contributed by atoms with Crippen LogP contribution in [0.3, 0.4) is 0 Å². The van der Waals surface area contributed by atoms with Gasteiger partial charge in [0.1, 0.15) is 5.78 Å². The predicted octanol–water partition coefficient (Wildman–Crippen LogP) is 5.49. The number of ketones is 1. The third kappa shape index (κ3) is 2.46. The van der Waals surface area contributed by atoms with E-state index in [4.69, 9.17) is 0 Å². The molecule has 4 aromatic carbocycles. The van der Waals surface area contributed by atoms with Crippen LogP contribution in [0.5, 0.6) is 0 Å². The van der Waals surface area contributed by atoms with E-state index in [-0.39, 0.29) is 23.5 Å². The molecule has 1 aliphatic heterocycles. The van der Waals surface area contributed by atoms with Crippen molar-refractivity contribution < 1.29 is 14.4 Å². The zero-order valence-corrected chi connectivity index (χ0v) is 19.7. The second-order valence-corrected chi connectivity index (χ2v) is 9.94. The topological polar surface area (TPSA) is 54.5 Å². The van der Waals surface area contributed by atoms with E-state index in [9.17, 15) is 14.4 Å². The zero-order chi connectivity index (χ0) is 24.6. The first kappa shape index (κ1) is 21.0. The third-order valence-corrected chi connectivity index (χ3v) is 8.41.